The second-order valence-corrected chi connectivity index (χ2v) is 6.45. The number of hydrogen-bond acceptors (Lipinski definition) is 7. The minimum Gasteiger partial charge on any atom is -0.458 e. The molecule has 0 spiro atoms. The summed E-state index contributed by atoms with van der Waals surface area (Å²) >= 11 is 0. The molecule has 0 heterocycles. The fraction of sp³-hybridized carbons (Fsp3) is 0.667. The van der Waals surface area contributed by atoms with Gasteiger partial charge in [-0.2, -0.15) is 30.4 Å². The van der Waals surface area contributed by atoms with Crippen LogP contribution in [0.4, 0.5) is 22.0 Å². The lowest BCUT2D eigenvalue weighted by Crippen LogP contribution is -2.58. The van der Waals surface area contributed by atoms with E-state index in [9.17, 15) is 40.0 Å². The lowest BCUT2D eigenvalue weighted by Gasteiger charge is -2.32. The summed E-state index contributed by atoms with van der Waals surface area (Å²) in [6.45, 7) is 3.34. The minimum absolute atomic E-state index is 0.235. The van der Waals surface area contributed by atoms with E-state index in [-0.39, 0.29) is 6.08 Å². The average Bonchev–Trinajstić information content (AvgIpc) is 2.42. The third kappa shape index (κ3) is 5.88. The molecule has 0 saturated carbocycles. The van der Waals surface area contributed by atoms with Crippen molar-refractivity contribution >= 4 is 22.1 Å². The lowest BCUT2D eigenvalue weighted by molar-refractivity contribution is -0.356. The number of esters is 2. The fourth-order valence-electron chi connectivity index (χ4n) is 1.30. The van der Waals surface area contributed by atoms with E-state index in [1.54, 1.807) is 0 Å². The summed E-state index contributed by atoms with van der Waals surface area (Å²) in [4.78, 5) is 23.0. The largest absolute Gasteiger partial charge is 0.468 e. The number of alkyl halides is 5. The molecular weight excluding hydrogens is 399 g/mol. The first-order chi connectivity index (χ1) is 11.5. The van der Waals surface area contributed by atoms with Crippen LogP contribution in [0.5, 0.6) is 0 Å². The van der Waals surface area contributed by atoms with Gasteiger partial charge in [-0.15, -0.1) is 0 Å². The first kappa shape index (κ1) is 24.2. The Morgan fingerprint density at radius 1 is 1.19 bits per heavy atom. The second kappa shape index (κ2) is 8.26. The van der Waals surface area contributed by atoms with E-state index in [0.29, 0.717) is 0 Å². The van der Waals surface area contributed by atoms with Crippen molar-refractivity contribution in [2.24, 2.45) is 0 Å². The van der Waals surface area contributed by atoms with E-state index in [1.807, 2.05) is 0 Å². The molecule has 0 aromatic heterocycles. The molecule has 1 N–H and O–H groups in total. The maximum Gasteiger partial charge on any atom is 0.468 e. The van der Waals surface area contributed by atoms with Gasteiger partial charge in [0.25, 0.3) is 0 Å². The molecule has 152 valence electrons. The first-order valence-electron chi connectivity index (χ1n) is 6.62. The van der Waals surface area contributed by atoms with Crippen LogP contribution in [-0.2, 0) is 33.9 Å². The number of carbonyl (C=O) groups excluding carboxylic acids is 2. The van der Waals surface area contributed by atoms with Crippen molar-refractivity contribution in [2.75, 3.05) is 6.61 Å². The molecule has 8 nitrogen and oxygen atoms in total. The van der Waals surface area contributed by atoms with E-state index in [4.69, 9.17) is 4.55 Å². The quantitative estimate of drug-likeness (QED) is 0.200. The van der Waals surface area contributed by atoms with Crippen molar-refractivity contribution in [3.05, 3.63) is 12.7 Å². The van der Waals surface area contributed by atoms with Crippen LogP contribution in [0.3, 0.4) is 0 Å². The zero-order valence-corrected chi connectivity index (χ0v) is 14.2. The van der Waals surface area contributed by atoms with Crippen LogP contribution in [0.1, 0.15) is 20.3 Å². The van der Waals surface area contributed by atoms with Gasteiger partial charge in [0, 0.05) is 6.08 Å². The van der Waals surface area contributed by atoms with Crippen molar-refractivity contribution in [3.63, 3.8) is 0 Å². The summed E-state index contributed by atoms with van der Waals surface area (Å²) in [5.74, 6) is -8.53. The molecule has 0 radical (unpaired) electrons. The maximum absolute atomic E-state index is 13.3. The highest BCUT2D eigenvalue weighted by molar-refractivity contribution is 7.86. The Hall–Kier alpha value is -1.80. The van der Waals surface area contributed by atoms with Crippen molar-refractivity contribution in [1.29, 1.82) is 0 Å². The highest BCUT2D eigenvalue weighted by Crippen LogP contribution is 2.38. The predicted molar refractivity (Wildman–Crippen MR) is 73.4 cm³/mol. The highest BCUT2D eigenvalue weighted by Gasteiger charge is 2.68. The average molecular weight is 414 g/mol. The van der Waals surface area contributed by atoms with E-state index in [1.165, 1.54) is 0 Å². The third-order valence-electron chi connectivity index (χ3n) is 2.47. The van der Waals surface area contributed by atoms with E-state index < -0.39 is 58.4 Å². The molecule has 0 fully saturated rings. The van der Waals surface area contributed by atoms with Gasteiger partial charge in [-0.25, -0.2) is 9.59 Å². The van der Waals surface area contributed by atoms with Crippen molar-refractivity contribution in [3.8, 4) is 0 Å². The molecule has 0 aliphatic heterocycles. The summed E-state index contributed by atoms with van der Waals surface area (Å²) in [5.41, 5.74) is 0. The summed E-state index contributed by atoms with van der Waals surface area (Å²) in [6.07, 6.45) is -8.68. The van der Waals surface area contributed by atoms with E-state index in [0.717, 1.165) is 13.8 Å². The Kier molecular flexibility index (Phi) is 7.69. The minimum atomic E-state index is -5.96. The second-order valence-electron chi connectivity index (χ2n) is 4.90. The number of carbonyl (C=O) groups is 2. The van der Waals surface area contributed by atoms with Crippen LogP contribution in [0.25, 0.3) is 0 Å². The molecule has 0 aliphatic carbocycles. The van der Waals surface area contributed by atoms with Gasteiger partial charge in [0.1, 0.15) is 0 Å². The number of rotatable bonds is 9. The van der Waals surface area contributed by atoms with Crippen molar-refractivity contribution < 1.29 is 58.7 Å². The fourth-order valence-corrected chi connectivity index (χ4v) is 1.64. The van der Waals surface area contributed by atoms with Crippen LogP contribution in [0, 0.1) is 0 Å². The van der Waals surface area contributed by atoms with E-state index in [2.05, 4.69) is 20.8 Å². The van der Waals surface area contributed by atoms with Gasteiger partial charge in [-0.3, -0.25) is 4.55 Å². The molecule has 26 heavy (non-hydrogen) atoms. The van der Waals surface area contributed by atoms with Crippen molar-refractivity contribution in [2.45, 2.75) is 43.6 Å². The Labute approximate surface area is 144 Å². The molecule has 14 heteroatoms. The Morgan fingerprint density at radius 3 is 2.04 bits per heavy atom. The lowest BCUT2D eigenvalue weighted by atomic mass is 10.2. The molecule has 0 aromatic rings. The SMILES string of the molecule is C=CC(=O)OC(OCCC(F)(F)S(=O)(=O)O)(C(=O)OC(C)C)C(F)(F)F. The van der Waals surface area contributed by atoms with E-state index >= 15 is 0 Å². The molecule has 1 atom stereocenters. The normalized spacial score (nSPS) is 15.3. The zero-order chi connectivity index (χ0) is 21.0. The number of ether oxygens (including phenoxy) is 3. The molecule has 0 rings (SSSR count). The number of hydrogen-bond donors (Lipinski definition) is 1. The molecule has 1 unspecified atom stereocenters. The molecule has 0 amide bonds. The van der Waals surface area contributed by atoms with Gasteiger partial charge in [-0.05, 0) is 13.8 Å². The van der Waals surface area contributed by atoms with Crippen LogP contribution >= 0.6 is 0 Å². The summed E-state index contributed by atoms with van der Waals surface area (Å²) < 4.78 is 108. The summed E-state index contributed by atoms with van der Waals surface area (Å²) in [6, 6.07) is 0. The van der Waals surface area contributed by atoms with Gasteiger partial charge >= 0.3 is 39.3 Å². The van der Waals surface area contributed by atoms with Gasteiger partial charge in [-0.1, -0.05) is 6.58 Å². The predicted octanol–water partition coefficient (Wildman–Crippen LogP) is 1.81. The Balaban J connectivity index is 5.78. The summed E-state index contributed by atoms with van der Waals surface area (Å²) in [5, 5.41) is -4.88. The van der Waals surface area contributed by atoms with Gasteiger partial charge in [0.2, 0.25) is 0 Å². The summed E-state index contributed by atoms with van der Waals surface area (Å²) in [7, 11) is -5.96. The zero-order valence-electron chi connectivity index (χ0n) is 13.4. The molecule has 0 bridgehead atoms. The Morgan fingerprint density at radius 2 is 1.69 bits per heavy atom. The smallest absolute Gasteiger partial charge is 0.458 e. The van der Waals surface area contributed by atoms with Crippen LogP contribution in [0.15, 0.2) is 12.7 Å². The van der Waals surface area contributed by atoms with Gasteiger partial charge in [0.05, 0.1) is 19.1 Å². The third-order valence-corrected chi connectivity index (χ3v) is 3.43. The first-order valence-corrected chi connectivity index (χ1v) is 8.06. The Bertz CT molecular complexity index is 642. The van der Waals surface area contributed by atoms with Crippen molar-refractivity contribution in [1.82, 2.24) is 0 Å². The molecular formula is C12H15F5O8S. The van der Waals surface area contributed by atoms with Crippen LogP contribution in [0.2, 0.25) is 0 Å². The standard InChI is InChI=1S/C12H15F5O8S/c1-4-8(18)25-11(12(15,16)17,9(19)24-7(2)3)23-6-5-10(13,14)26(20,21)22/h4,7H,1,5-6H2,2-3H3,(H,20,21,22). The molecule has 0 aromatic carbocycles. The molecule has 0 saturated heterocycles. The maximum atomic E-state index is 13.3. The monoisotopic (exact) mass is 414 g/mol. The topological polar surface area (TPSA) is 116 Å². The van der Waals surface area contributed by atoms with Gasteiger partial charge < -0.3 is 14.2 Å². The van der Waals surface area contributed by atoms with Gasteiger partial charge in [0.15, 0.2) is 0 Å². The highest BCUT2D eigenvalue weighted by atomic mass is 32.2. The van der Waals surface area contributed by atoms with Crippen LogP contribution < -0.4 is 0 Å². The van der Waals surface area contributed by atoms with Crippen LogP contribution in [-0.4, -0.2) is 54.8 Å². The molecule has 0 aliphatic rings. The number of halogens is 5.